The van der Waals surface area contributed by atoms with Gasteiger partial charge < -0.3 is 9.84 Å². The molecule has 0 bridgehead atoms. The number of rotatable bonds is 5. The predicted molar refractivity (Wildman–Crippen MR) is 82.2 cm³/mol. The van der Waals surface area contributed by atoms with Gasteiger partial charge >= 0.3 is 0 Å². The van der Waals surface area contributed by atoms with E-state index in [9.17, 15) is 5.11 Å². The first-order chi connectivity index (χ1) is 9.40. The smallest absolute Gasteiger partial charge is 0.140 e. The summed E-state index contributed by atoms with van der Waals surface area (Å²) in [5.41, 5.74) is 1.33. The zero-order valence-electron chi connectivity index (χ0n) is 12.4. The standard InChI is InChI=1S/C16H21NO2S/c1-5-13-15(16(3,4)18)20-14(17-13)10-19-12-8-6-11(2)7-9-12/h6-9,18H,5,10H2,1-4H3. The second kappa shape index (κ2) is 5.94. The largest absolute Gasteiger partial charge is 0.486 e. The van der Waals surface area contributed by atoms with Crippen LogP contribution >= 0.6 is 11.3 Å². The van der Waals surface area contributed by atoms with E-state index in [0.717, 1.165) is 27.7 Å². The van der Waals surface area contributed by atoms with Gasteiger partial charge in [-0.05, 0) is 39.3 Å². The van der Waals surface area contributed by atoms with Gasteiger partial charge in [0, 0.05) is 0 Å². The maximum Gasteiger partial charge on any atom is 0.140 e. The summed E-state index contributed by atoms with van der Waals surface area (Å²) in [6, 6.07) is 7.97. The van der Waals surface area contributed by atoms with E-state index >= 15 is 0 Å². The summed E-state index contributed by atoms with van der Waals surface area (Å²) < 4.78 is 5.74. The molecule has 0 radical (unpaired) electrons. The van der Waals surface area contributed by atoms with Crippen molar-refractivity contribution in [1.29, 1.82) is 0 Å². The fourth-order valence-corrected chi connectivity index (χ4v) is 3.03. The van der Waals surface area contributed by atoms with Crippen molar-refractivity contribution in [2.24, 2.45) is 0 Å². The molecule has 0 unspecified atom stereocenters. The van der Waals surface area contributed by atoms with Gasteiger partial charge in [0.15, 0.2) is 0 Å². The van der Waals surface area contributed by atoms with Gasteiger partial charge in [-0.3, -0.25) is 0 Å². The van der Waals surface area contributed by atoms with Gasteiger partial charge in [-0.25, -0.2) is 4.98 Å². The zero-order valence-corrected chi connectivity index (χ0v) is 13.3. The monoisotopic (exact) mass is 291 g/mol. The maximum atomic E-state index is 10.2. The minimum atomic E-state index is -0.842. The van der Waals surface area contributed by atoms with Crippen molar-refractivity contribution < 1.29 is 9.84 Å². The molecule has 0 aliphatic heterocycles. The van der Waals surface area contributed by atoms with Gasteiger partial charge in [0.25, 0.3) is 0 Å². The van der Waals surface area contributed by atoms with E-state index in [4.69, 9.17) is 4.74 Å². The Labute approximate surface area is 124 Å². The molecule has 2 rings (SSSR count). The van der Waals surface area contributed by atoms with Crippen molar-refractivity contribution >= 4 is 11.3 Å². The SMILES string of the molecule is CCc1nc(COc2ccc(C)cc2)sc1C(C)(C)O. The predicted octanol–water partition coefficient (Wildman–Crippen LogP) is 3.82. The van der Waals surface area contributed by atoms with Crippen LogP contribution in [-0.2, 0) is 18.6 Å². The lowest BCUT2D eigenvalue weighted by Gasteiger charge is -2.15. The average Bonchev–Trinajstić information content (AvgIpc) is 2.81. The van der Waals surface area contributed by atoms with Crippen LogP contribution in [0.25, 0.3) is 0 Å². The number of hydrogen-bond acceptors (Lipinski definition) is 4. The lowest BCUT2D eigenvalue weighted by atomic mass is 10.1. The summed E-state index contributed by atoms with van der Waals surface area (Å²) in [7, 11) is 0. The van der Waals surface area contributed by atoms with Crippen molar-refractivity contribution in [3.63, 3.8) is 0 Å². The van der Waals surface area contributed by atoms with Crippen molar-refractivity contribution in [2.75, 3.05) is 0 Å². The Bertz CT molecular complexity index is 567. The van der Waals surface area contributed by atoms with Crippen LogP contribution in [-0.4, -0.2) is 10.1 Å². The maximum absolute atomic E-state index is 10.2. The van der Waals surface area contributed by atoms with Gasteiger partial charge in [-0.15, -0.1) is 11.3 Å². The number of aliphatic hydroxyl groups is 1. The summed E-state index contributed by atoms with van der Waals surface area (Å²) in [4.78, 5) is 5.49. The van der Waals surface area contributed by atoms with E-state index in [1.807, 2.05) is 31.2 Å². The molecule has 0 aliphatic carbocycles. The van der Waals surface area contributed by atoms with Crippen LogP contribution in [0, 0.1) is 6.92 Å². The van der Waals surface area contributed by atoms with E-state index in [1.165, 1.54) is 16.9 Å². The molecule has 1 aromatic heterocycles. The molecule has 0 amide bonds. The number of benzene rings is 1. The molecule has 0 aliphatic rings. The Morgan fingerprint density at radius 2 is 1.90 bits per heavy atom. The lowest BCUT2D eigenvalue weighted by Crippen LogP contribution is -2.15. The number of thiazole rings is 1. The fraction of sp³-hybridized carbons (Fsp3) is 0.438. The number of hydrogen-bond donors (Lipinski definition) is 1. The summed E-state index contributed by atoms with van der Waals surface area (Å²) >= 11 is 1.53. The van der Waals surface area contributed by atoms with Crippen molar-refractivity contribution in [3.05, 3.63) is 45.4 Å². The summed E-state index contributed by atoms with van der Waals surface area (Å²) in [5, 5.41) is 11.1. The molecule has 1 N–H and O–H groups in total. The first-order valence-electron chi connectivity index (χ1n) is 6.81. The summed E-state index contributed by atoms with van der Waals surface area (Å²) in [6.45, 7) is 8.13. The molecular weight excluding hydrogens is 270 g/mol. The van der Waals surface area contributed by atoms with Crippen LogP contribution in [0.1, 0.15) is 41.9 Å². The third-order valence-corrected chi connectivity index (χ3v) is 4.40. The van der Waals surface area contributed by atoms with E-state index in [1.54, 1.807) is 13.8 Å². The molecule has 0 spiro atoms. The van der Waals surface area contributed by atoms with Gasteiger partial charge in [0.1, 0.15) is 17.4 Å². The van der Waals surface area contributed by atoms with Crippen molar-refractivity contribution in [2.45, 2.75) is 46.3 Å². The Morgan fingerprint density at radius 1 is 1.25 bits per heavy atom. The summed E-state index contributed by atoms with van der Waals surface area (Å²) in [5.74, 6) is 0.841. The van der Waals surface area contributed by atoms with Crippen LogP contribution in [0.15, 0.2) is 24.3 Å². The number of ether oxygens (including phenoxy) is 1. The molecule has 3 nitrogen and oxygen atoms in total. The molecule has 1 heterocycles. The molecule has 0 fully saturated rings. The van der Waals surface area contributed by atoms with Crippen LogP contribution in [0.2, 0.25) is 0 Å². The third-order valence-electron chi connectivity index (χ3n) is 3.02. The Balaban J connectivity index is 2.10. The van der Waals surface area contributed by atoms with Crippen molar-refractivity contribution in [3.8, 4) is 5.75 Å². The topological polar surface area (TPSA) is 42.4 Å². The molecule has 4 heteroatoms. The molecule has 0 saturated carbocycles. The lowest BCUT2D eigenvalue weighted by molar-refractivity contribution is 0.0814. The Morgan fingerprint density at radius 3 is 2.40 bits per heavy atom. The molecule has 0 atom stereocenters. The number of nitrogens with zero attached hydrogens (tertiary/aromatic N) is 1. The highest BCUT2D eigenvalue weighted by Gasteiger charge is 2.24. The summed E-state index contributed by atoms with van der Waals surface area (Å²) in [6.07, 6.45) is 0.820. The van der Waals surface area contributed by atoms with Crippen LogP contribution in [0.3, 0.4) is 0 Å². The van der Waals surface area contributed by atoms with Gasteiger partial charge in [0.2, 0.25) is 0 Å². The van der Waals surface area contributed by atoms with Crippen molar-refractivity contribution in [1.82, 2.24) is 4.98 Å². The minimum absolute atomic E-state index is 0.441. The van der Waals surface area contributed by atoms with Gasteiger partial charge in [-0.1, -0.05) is 24.6 Å². The molecule has 1 aromatic carbocycles. The highest BCUT2D eigenvalue weighted by atomic mass is 32.1. The van der Waals surface area contributed by atoms with Crippen LogP contribution in [0.4, 0.5) is 0 Å². The quantitative estimate of drug-likeness (QED) is 0.910. The molecular formula is C16H21NO2S. The van der Waals surface area contributed by atoms with E-state index in [2.05, 4.69) is 11.9 Å². The molecule has 0 saturated heterocycles. The van der Waals surface area contributed by atoms with Gasteiger partial charge in [0.05, 0.1) is 16.2 Å². The minimum Gasteiger partial charge on any atom is -0.486 e. The van der Waals surface area contributed by atoms with E-state index < -0.39 is 5.60 Å². The first-order valence-corrected chi connectivity index (χ1v) is 7.62. The Hall–Kier alpha value is -1.39. The average molecular weight is 291 g/mol. The van der Waals surface area contributed by atoms with E-state index in [0.29, 0.717) is 6.61 Å². The van der Waals surface area contributed by atoms with Crippen LogP contribution in [0.5, 0.6) is 5.75 Å². The highest BCUT2D eigenvalue weighted by Crippen LogP contribution is 2.30. The number of aryl methyl sites for hydroxylation is 2. The molecule has 20 heavy (non-hydrogen) atoms. The van der Waals surface area contributed by atoms with E-state index in [-0.39, 0.29) is 0 Å². The molecule has 2 aromatic rings. The first kappa shape index (κ1) is 15.0. The fourth-order valence-electron chi connectivity index (χ4n) is 1.96. The highest BCUT2D eigenvalue weighted by molar-refractivity contribution is 7.11. The second-order valence-electron chi connectivity index (χ2n) is 5.40. The normalized spacial score (nSPS) is 11.7. The number of aromatic nitrogens is 1. The second-order valence-corrected chi connectivity index (χ2v) is 6.48. The zero-order chi connectivity index (χ0) is 14.8. The van der Waals surface area contributed by atoms with Gasteiger partial charge in [-0.2, -0.15) is 0 Å². The van der Waals surface area contributed by atoms with Crippen LogP contribution < -0.4 is 4.74 Å². The Kier molecular flexibility index (Phi) is 4.45. The molecule has 108 valence electrons. The third kappa shape index (κ3) is 3.58.